The lowest BCUT2D eigenvalue weighted by Crippen LogP contribution is -2.29. The second kappa shape index (κ2) is 8.43. The van der Waals surface area contributed by atoms with Gasteiger partial charge in [-0.05, 0) is 38.2 Å². The summed E-state index contributed by atoms with van der Waals surface area (Å²) in [6, 6.07) is 4.88. The van der Waals surface area contributed by atoms with Gasteiger partial charge in [0.05, 0.1) is 12.7 Å². The number of benzene rings is 1. The predicted octanol–water partition coefficient (Wildman–Crippen LogP) is 1.86. The zero-order valence-corrected chi connectivity index (χ0v) is 12.5. The number of methoxy groups -OCH3 is 1. The molecule has 0 saturated heterocycles. The van der Waals surface area contributed by atoms with Gasteiger partial charge in [-0.25, -0.2) is 0 Å². The van der Waals surface area contributed by atoms with Gasteiger partial charge in [0.25, 0.3) is 5.91 Å². The van der Waals surface area contributed by atoms with Gasteiger partial charge < -0.3 is 20.1 Å². The SMILES string of the molecule is CCN(CC)CCCNC(=O)c1cccc(OC)c1O. The summed E-state index contributed by atoms with van der Waals surface area (Å²) in [5.41, 5.74) is 0.243. The fraction of sp³-hybridized carbons (Fsp3) is 0.533. The molecule has 1 aromatic rings. The van der Waals surface area contributed by atoms with Crippen LogP contribution in [-0.4, -0.2) is 49.2 Å². The maximum absolute atomic E-state index is 12.0. The van der Waals surface area contributed by atoms with Crippen LogP contribution in [0.3, 0.4) is 0 Å². The molecule has 0 saturated carbocycles. The molecule has 0 heterocycles. The van der Waals surface area contributed by atoms with E-state index in [0.29, 0.717) is 12.3 Å². The number of aromatic hydroxyl groups is 1. The van der Waals surface area contributed by atoms with Gasteiger partial charge in [-0.15, -0.1) is 0 Å². The molecule has 0 aliphatic carbocycles. The molecule has 20 heavy (non-hydrogen) atoms. The Morgan fingerprint density at radius 3 is 2.65 bits per heavy atom. The van der Waals surface area contributed by atoms with E-state index in [1.807, 2.05) is 0 Å². The van der Waals surface area contributed by atoms with E-state index in [1.54, 1.807) is 18.2 Å². The highest BCUT2D eigenvalue weighted by Gasteiger charge is 2.14. The molecule has 0 fully saturated rings. The van der Waals surface area contributed by atoms with Crippen LogP contribution in [0, 0.1) is 0 Å². The van der Waals surface area contributed by atoms with Crippen molar-refractivity contribution in [3.05, 3.63) is 23.8 Å². The third kappa shape index (κ3) is 4.42. The number of phenolic OH excluding ortho intramolecular Hbond substituents is 1. The minimum Gasteiger partial charge on any atom is -0.504 e. The highest BCUT2D eigenvalue weighted by molar-refractivity contribution is 5.97. The molecule has 0 bridgehead atoms. The molecular weight excluding hydrogens is 256 g/mol. The molecule has 112 valence electrons. The van der Waals surface area contributed by atoms with Gasteiger partial charge in [-0.3, -0.25) is 4.79 Å². The maximum Gasteiger partial charge on any atom is 0.255 e. The molecule has 0 spiro atoms. The number of hydrogen-bond acceptors (Lipinski definition) is 4. The molecule has 0 atom stereocenters. The molecule has 1 rings (SSSR count). The summed E-state index contributed by atoms with van der Waals surface area (Å²) >= 11 is 0. The van der Waals surface area contributed by atoms with Gasteiger partial charge >= 0.3 is 0 Å². The number of nitrogens with zero attached hydrogens (tertiary/aromatic N) is 1. The Morgan fingerprint density at radius 1 is 1.35 bits per heavy atom. The number of nitrogens with one attached hydrogen (secondary N) is 1. The highest BCUT2D eigenvalue weighted by Crippen LogP contribution is 2.29. The Labute approximate surface area is 120 Å². The first kappa shape index (κ1) is 16.3. The standard InChI is InChI=1S/C15H24N2O3/c1-4-17(5-2)11-7-10-16-15(19)12-8-6-9-13(20-3)14(12)18/h6,8-9,18H,4-5,7,10-11H2,1-3H3,(H,16,19). The summed E-state index contributed by atoms with van der Waals surface area (Å²) in [6.07, 6.45) is 0.887. The lowest BCUT2D eigenvalue weighted by molar-refractivity contribution is 0.0948. The zero-order valence-electron chi connectivity index (χ0n) is 12.5. The first-order valence-electron chi connectivity index (χ1n) is 7.00. The van der Waals surface area contributed by atoms with E-state index in [-0.39, 0.29) is 17.2 Å². The van der Waals surface area contributed by atoms with Crippen LogP contribution in [-0.2, 0) is 0 Å². The lowest BCUT2D eigenvalue weighted by Gasteiger charge is -2.17. The Balaban J connectivity index is 2.47. The number of ether oxygens (including phenoxy) is 1. The average Bonchev–Trinajstić information content (AvgIpc) is 2.47. The van der Waals surface area contributed by atoms with Gasteiger partial charge in [0.1, 0.15) is 0 Å². The Hall–Kier alpha value is -1.75. The van der Waals surface area contributed by atoms with Crippen molar-refractivity contribution in [2.45, 2.75) is 20.3 Å². The van der Waals surface area contributed by atoms with Crippen LogP contribution in [0.5, 0.6) is 11.5 Å². The van der Waals surface area contributed by atoms with Crippen LogP contribution in [0.4, 0.5) is 0 Å². The topological polar surface area (TPSA) is 61.8 Å². The normalized spacial score (nSPS) is 10.6. The van der Waals surface area contributed by atoms with Crippen molar-refractivity contribution in [1.29, 1.82) is 0 Å². The summed E-state index contributed by atoms with van der Waals surface area (Å²) in [4.78, 5) is 14.3. The molecule has 0 aliphatic rings. The second-order valence-corrected chi connectivity index (χ2v) is 4.49. The van der Waals surface area contributed by atoms with Crippen molar-refractivity contribution >= 4 is 5.91 Å². The molecule has 0 unspecified atom stereocenters. The Bertz CT molecular complexity index is 431. The smallest absolute Gasteiger partial charge is 0.255 e. The third-order valence-corrected chi connectivity index (χ3v) is 3.29. The first-order valence-corrected chi connectivity index (χ1v) is 7.00. The summed E-state index contributed by atoms with van der Waals surface area (Å²) in [5.74, 6) is -0.0852. The van der Waals surface area contributed by atoms with E-state index in [0.717, 1.165) is 26.1 Å². The number of carbonyl (C=O) groups is 1. The molecule has 0 radical (unpaired) electrons. The van der Waals surface area contributed by atoms with Crippen molar-refractivity contribution in [2.75, 3.05) is 33.3 Å². The number of para-hydroxylation sites is 1. The zero-order chi connectivity index (χ0) is 15.0. The number of hydrogen-bond donors (Lipinski definition) is 2. The fourth-order valence-electron chi connectivity index (χ4n) is 2.01. The lowest BCUT2D eigenvalue weighted by atomic mass is 10.1. The quantitative estimate of drug-likeness (QED) is 0.714. The van der Waals surface area contributed by atoms with E-state index in [9.17, 15) is 9.90 Å². The molecule has 0 aromatic heterocycles. The summed E-state index contributed by atoms with van der Waals surface area (Å²) in [7, 11) is 1.46. The van der Waals surface area contributed by atoms with Crippen molar-refractivity contribution in [1.82, 2.24) is 10.2 Å². The van der Waals surface area contributed by atoms with Crippen LogP contribution in [0.1, 0.15) is 30.6 Å². The number of phenols is 1. The van der Waals surface area contributed by atoms with E-state index in [1.165, 1.54) is 7.11 Å². The fourth-order valence-corrected chi connectivity index (χ4v) is 2.01. The maximum atomic E-state index is 12.0. The van der Waals surface area contributed by atoms with Crippen LogP contribution in [0.2, 0.25) is 0 Å². The Morgan fingerprint density at radius 2 is 2.05 bits per heavy atom. The summed E-state index contributed by atoms with van der Waals surface area (Å²) < 4.78 is 4.99. The molecule has 5 heteroatoms. The van der Waals surface area contributed by atoms with Gasteiger partial charge in [0.2, 0.25) is 0 Å². The second-order valence-electron chi connectivity index (χ2n) is 4.49. The van der Waals surface area contributed by atoms with Crippen LogP contribution in [0.15, 0.2) is 18.2 Å². The van der Waals surface area contributed by atoms with Gasteiger partial charge in [0.15, 0.2) is 11.5 Å². The number of amides is 1. The molecule has 0 aliphatic heterocycles. The van der Waals surface area contributed by atoms with Gasteiger partial charge in [0, 0.05) is 6.54 Å². The van der Waals surface area contributed by atoms with Crippen molar-refractivity contribution in [3.8, 4) is 11.5 Å². The van der Waals surface area contributed by atoms with Crippen molar-refractivity contribution in [2.24, 2.45) is 0 Å². The average molecular weight is 280 g/mol. The molecule has 1 aromatic carbocycles. The van der Waals surface area contributed by atoms with Crippen LogP contribution < -0.4 is 10.1 Å². The van der Waals surface area contributed by atoms with E-state index in [2.05, 4.69) is 24.1 Å². The van der Waals surface area contributed by atoms with Crippen molar-refractivity contribution < 1.29 is 14.6 Å². The summed E-state index contributed by atoms with van der Waals surface area (Å²) in [5, 5.41) is 12.7. The van der Waals surface area contributed by atoms with Gasteiger partial charge in [-0.2, -0.15) is 0 Å². The third-order valence-electron chi connectivity index (χ3n) is 3.29. The van der Waals surface area contributed by atoms with Crippen LogP contribution >= 0.6 is 0 Å². The van der Waals surface area contributed by atoms with Crippen molar-refractivity contribution in [3.63, 3.8) is 0 Å². The highest BCUT2D eigenvalue weighted by atomic mass is 16.5. The van der Waals surface area contributed by atoms with Gasteiger partial charge in [-0.1, -0.05) is 19.9 Å². The minimum atomic E-state index is -0.277. The predicted molar refractivity (Wildman–Crippen MR) is 79.4 cm³/mol. The molecular formula is C15H24N2O3. The Kier molecular flexibility index (Phi) is 6.87. The van der Waals surface area contributed by atoms with Crippen LogP contribution in [0.25, 0.3) is 0 Å². The summed E-state index contributed by atoms with van der Waals surface area (Å²) in [6.45, 7) is 7.82. The van der Waals surface area contributed by atoms with E-state index in [4.69, 9.17) is 4.74 Å². The van der Waals surface area contributed by atoms with E-state index >= 15 is 0 Å². The minimum absolute atomic E-state index is 0.115. The first-order chi connectivity index (χ1) is 9.63. The number of carbonyl (C=O) groups excluding carboxylic acids is 1. The van der Waals surface area contributed by atoms with E-state index < -0.39 is 0 Å². The largest absolute Gasteiger partial charge is 0.504 e. The molecule has 5 nitrogen and oxygen atoms in total. The molecule has 2 N–H and O–H groups in total. The number of rotatable bonds is 8. The monoisotopic (exact) mass is 280 g/mol. The molecule has 1 amide bonds.